The third-order valence-corrected chi connectivity index (χ3v) is 6.57. The highest BCUT2D eigenvalue weighted by Crippen LogP contribution is 2.35. The Morgan fingerprint density at radius 2 is 1.92 bits per heavy atom. The minimum absolute atomic E-state index is 0.202. The van der Waals surface area contributed by atoms with Gasteiger partial charge in [0.05, 0.1) is 17.2 Å². The van der Waals surface area contributed by atoms with Gasteiger partial charge in [0.25, 0.3) is 5.91 Å². The summed E-state index contributed by atoms with van der Waals surface area (Å²) in [7, 11) is 0. The van der Waals surface area contributed by atoms with Crippen LogP contribution in [0.15, 0.2) is 64.5 Å². The Labute approximate surface area is 218 Å². The summed E-state index contributed by atoms with van der Waals surface area (Å²) in [6.45, 7) is 4.89. The molecule has 2 aliphatic rings. The van der Waals surface area contributed by atoms with Crippen molar-refractivity contribution in [3.05, 3.63) is 81.2 Å². The Hall–Kier alpha value is -3.62. The van der Waals surface area contributed by atoms with E-state index >= 15 is 0 Å². The summed E-state index contributed by atoms with van der Waals surface area (Å²) < 4.78 is 22.6. The number of amides is 1. The lowest BCUT2D eigenvalue weighted by Crippen LogP contribution is -2.19. The van der Waals surface area contributed by atoms with Crippen molar-refractivity contribution in [2.24, 2.45) is 4.99 Å². The van der Waals surface area contributed by atoms with Crippen LogP contribution >= 0.6 is 23.4 Å². The number of halogens is 1. The van der Waals surface area contributed by atoms with E-state index in [0.29, 0.717) is 45.6 Å². The first-order chi connectivity index (χ1) is 17.5. The zero-order valence-corrected chi connectivity index (χ0v) is 21.2. The van der Waals surface area contributed by atoms with Gasteiger partial charge in [-0.3, -0.25) is 4.79 Å². The second-order valence-corrected chi connectivity index (χ2v) is 9.50. The molecule has 1 fully saturated rings. The van der Waals surface area contributed by atoms with E-state index in [-0.39, 0.29) is 12.7 Å². The van der Waals surface area contributed by atoms with E-state index < -0.39 is 0 Å². The average Bonchev–Trinajstić information content (AvgIpc) is 3.46. The standard InChI is InChI=1S/C27H23ClN2O5S/c1-3-32-23-11-17(4-8-21(23)33-14-18-5-9-22-24(12-18)35-15-34-22)13-25-26(31)30-27(36-25)29-20-7-6-19(28)10-16(20)2/h4-13H,3,14-15H2,1-2H3,(H,29,30,31)/b25-13-. The number of amidine groups is 1. The van der Waals surface area contributed by atoms with Gasteiger partial charge in [-0.25, -0.2) is 4.99 Å². The number of benzene rings is 3. The molecule has 0 radical (unpaired) electrons. The molecule has 2 aliphatic heterocycles. The molecule has 7 nitrogen and oxygen atoms in total. The van der Waals surface area contributed by atoms with E-state index in [1.54, 1.807) is 12.1 Å². The highest BCUT2D eigenvalue weighted by atomic mass is 35.5. The van der Waals surface area contributed by atoms with Gasteiger partial charge in [-0.2, -0.15) is 0 Å². The van der Waals surface area contributed by atoms with Gasteiger partial charge in [0.2, 0.25) is 6.79 Å². The van der Waals surface area contributed by atoms with Crippen LogP contribution in [0.25, 0.3) is 6.08 Å². The topological polar surface area (TPSA) is 78.4 Å². The molecule has 9 heteroatoms. The first-order valence-electron chi connectivity index (χ1n) is 11.3. The monoisotopic (exact) mass is 522 g/mol. The first kappa shape index (κ1) is 24.1. The van der Waals surface area contributed by atoms with Crippen molar-refractivity contribution < 1.29 is 23.7 Å². The van der Waals surface area contributed by atoms with Crippen molar-refractivity contribution in [3.8, 4) is 23.0 Å². The number of thioether (sulfide) groups is 1. The minimum Gasteiger partial charge on any atom is -0.490 e. The Morgan fingerprint density at radius 3 is 2.75 bits per heavy atom. The molecule has 0 spiro atoms. The van der Waals surface area contributed by atoms with Crippen LogP contribution in [0.2, 0.25) is 5.02 Å². The summed E-state index contributed by atoms with van der Waals surface area (Å²) in [6.07, 6.45) is 1.81. The number of carbonyl (C=O) groups is 1. The van der Waals surface area contributed by atoms with Crippen LogP contribution in [0.1, 0.15) is 23.6 Å². The Bertz CT molecular complexity index is 1390. The Morgan fingerprint density at radius 1 is 1.06 bits per heavy atom. The maximum Gasteiger partial charge on any atom is 0.264 e. The number of aliphatic imine (C=N–C) groups is 1. The Kier molecular flexibility index (Phi) is 7.06. The number of nitrogens with zero attached hydrogens (tertiary/aromatic N) is 1. The molecule has 0 bridgehead atoms. The van der Waals surface area contributed by atoms with Crippen LogP contribution in [0, 0.1) is 6.92 Å². The third kappa shape index (κ3) is 5.45. The molecule has 2 heterocycles. The predicted octanol–water partition coefficient (Wildman–Crippen LogP) is 6.25. The Balaban J connectivity index is 1.31. The fourth-order valence-corrected chi connectivity index (χ4v) is 4.74. The van der Waals surface area contributed by atoms with Crippen LogP contribution in [0.5, 0.6) is 23.0 Å². The van der Waals surface area contributed by atoms with Crippen molar-refractivity contribution in [2.75, 3.05) is 13.4 Å². The van der Waals surface area contributed by atoms with Gasteiger partial charge in [0.15, 0.2) is 28.2 Å². The molecule has 0 saturated carbocycles. The third-order valence-electron chi connectivity index (χ3n) is 5.43. The molecule has 0 aromatic heterocycles. The molecule has 184 valence electrons. The summed E-state index contributed by atoms with van der Waals surface area (Å²) in [6, 6.07) is 16.7. The van der Waals surface area contributed by atoms with Crippen LogP contribution in [0.4, 0.5) is 5.69 Å². The highest BCUT2D eigenvalue weighted by Gasteiger charge is 2.24. The maximum absolute atomic E-state index is 12.6. The van der Waals surface area contributed by atoms with Crippen molar-refractivity contribution in [1.82, 2.24) is 5.32 Å². The van der Waals surface area contributed by atoms with E-state index in [4.69, 9.17) is 30.5 Å². The van der Waals surface area contributed by atoms with Crippen molar-refractivity contribution >= 4 is 46.2 Å². The van der Waals surface area contributed by atoms with Crippen LogP contribution in [-0.4, -0.2) is 24.5 Å². The summed E-state index contributed by atoms with van der Waals surface area (Å²) in [5.74, 6) is 2.45. The number of fused-ring (bicyclic) bond motifs is 1. The van der Waals surface area contributed by atoms with E-state index in [1.165, 1.54) is 11.8 Å². The number of rotatable bonds is 7. The minimum atomic E-state index is -0.202. The fourth-order valence-electron chi connectivity index (χ4n) is 3.68. The van der Waals surface area contributed by atoms with Gasteiger partial charge >= 0.3 is 0 Å². The van der Waals surface area contributed by atoms with Crippen molar-refractivity contribution in [3.63, 3.8) is 0 Å². The highest BCUT2D eigenvalue weighted by molar-refractivity contribution is 8.18. The maximum atomic E-state index is 12.6. The van der Waals surface area contributed by atoms with Crippen LogP contribution in [-0.2, 0) is 11.4 Å². The van der Waals surface area contributed by atoms with Crippen LogP contribution in [0.3, 0.4) is 0 Å². The van der Waals surface area contributed by atoms with Gasteiger partial charge in [0.1, 0.15) is 6.61 Å². The molecule has 5 rings (SSSR count). The fraction of sp³-hybridized carbons (Fsp3) is 0.185. The lowest BCUT2D eigenvalue weighted by molar-refractivity contribution is -0.115. The summed E-state index contributed by atoms with van der Waals surface area (Å²) in [4.78, 5) is 17.7. The zero-order chi connectivity index (χ0) is 25.1. The van der Waals surface area contributed by atoms with E-state index in [2.05, 4.69) is 10.3 Å². The van der Waals surface area contributed by atoms with E-state index in [0.717, 1.165) is 28.1 Å². The molecular formula is C27H23ClN2O5S. The first-order valence-corrected chi connectivity index (χ1v) is 12.5. The molecular weight excluding hydrogens is 500 g/mol. The molecule has 36 heavy (non-hydrogen) atoms. The number of nitrogens with one attached hydrogen (secondary N) is 1. The van der Waals surface area contributed by atoms with Gasteiger partial charge < -0.3 is 24.3 Å². The van der Waals surface area contributed by atoms with Gasteiger partial charge in [0, 0.05) is 5.02 Å². The smallest absolute Gasteiger partial charge is 0.264 e. The molecule has 1 amide bonds. The molecule has 0 aliphatic carbocycles. The lowest BCUT2D eigenvalue weighted by Gasteiger charge is -2.13. The quantitative estimate of drug-likeness (QED) is 0.370. The zero-order valence-electron chi connectivity index (χ0n) is 19.7. The normalized spacial score (nSPS) is 16.5. The van der Waals surface area contributed by atoms with Gasteiger partial charge in [-0.1, -0.05) is 23.7 Å². The number of ether oxygens (including phenoxy) is 4. The largest absolute Gasteiger partial charge is 0.490 e. The van der Waals surface area contributed by atoms with Crippen molar-refractivity contribution in [2.45, 2.75) is 20.5 Å². The van der Waals surface area contributed by atoms with E-state index in [1.807, 2.05) is 62.4 Å². The number of aryl methyl sites for hydroxylation is 1. The van der Waals surface area contributed by atoms with Gasteiger partial charge in [-0.05, 0) is 90.8 Å². The number of hydrogen-bond acceptors (Lipinski definition) is 7. The molecule has 1 saturated heterocycles. The molecule has 3 aromatic carbocycles. The molecule has 3 aromatic rings. The summed E-state index contributed by atoms with van der Waals surface area (Å²) >= 11 is 7.31. The molecule has 0 unspecified atom stereocenters. The SMILES string of the molecule is CCOc1cc(/C=C2\SC(=Nc3ccc(Cl)cc3C)NC2=O)ccc1OCc1ccc2c(c1)OCO2. The summed E-state index contributed by atoms with van der Waals surface area (Å²) in [5.41, 5.74) is 3.45. The molecule has 0 atom stereocenters. The van der Waals surface area contributed by atoms with Crippen molar-refractivity contribution in [1.29, 1.82) is 0 Å². The molecule has 1 N–H and O–H groups in total. The average molecular weight is 523 g/mol. The predicted molar refractivity (Wildman–Crippen MR) is 142 cm³/mol. The van der Waals surface area contributed by atoms with E-state index in [9.17, 15) is 4.79 Å². The summed E-state index contributed by atoms with van der Waals surface area (Å²) in [5, 5.41) is 3.99. The van der Waals surface area contributed by atoms with Crippen LogP contribution < -0.4 is 24.3 Å². The van der Waals surface area contributed by atoms with Gasteiger partial charge in [-0.15, -0.1) is 0 Å². The number of carbonyl (C=O) groups excluding carboxylic acids is 1. The number of hydrogen-bond donors (Lipinski definition) is 1. The second kappa shape index (κ2) is 10.6. The second-order valence-electron chi connectivity index (χ2n) is 8.03. The lowest BCUT2D eigenvalue weighted by atomic mass is 10.1.